The fourth-order valence-electron chi connectivity index (χ4n) is 2.14. The number of carbonyl (C=O) groups excluding carboxylic acids is 1. The van der Waals surface area contributed by atoms with Crippen LogP contribution in [0.3, 0.4) is 0 Å². The van der Waals surface area contributed by atoms with Gasteiger partial charge in [0.25, 0.3) is 0 Å². The van der Waals surface area contributed by atoms with E-state index in [1.807, 2.05) is 0 Å². The number of amides is 1. The number of nitrogens with two attached hydrogens (primary N) is 1. The summed E-state index contributed by atoms with van der Waals surface area (Å²) in [6, 6.07) is 5.71. The number of carbonyl (C=O) groups is 1. The SMILES string of the molecule is NCC1(OCC(=O)Nc2cccc(F)c2)CCCOC1. The average Bonchev–Trinajstić information content (AvgIpc) is 2.46. The second kappa shape index (κ2) is 6.78. The van der Waals surface area contributed by atoms with Crippen molar-refractivity contribution in [3.05, 3.63) is 30.1 Å². The Morgan fingerprint density at radius 2 is 2.40 bits per heavy atom. The van der Waals surface area contributed by atoms with Crippen molar-refractivity contribution in [1.29, 1.82) is 0 Å². The molecule has 0 aromatic heterocycles. The summed E-state index contributed by atoms with van der Waals surface area (Å²) < 4.78 is 24.0. The van der Waals surface area contributed by atoms with Gasteiger partial charge in [0.15, 0.2) is 0 Å². The third-order valence-electron chi connectivity index (χ3n) is 3.28. The van der Waals surface area contributed by atoms with Crippen molar-refractivity contribution in [3.8, 4) is 0 Å². The highest BCUT2D eigenvalue weighted by molar-refractivity contribution is 5.91. The van der Waals surface area contributed by atoms with Crippen molar-refractivity contribution < 1.29 is 18.7 Å². The van der Waals surface area contributed by atoms with Gasteiger partial charge in [0.05, 0.1) is 6.61 Å². The molecule has 0 saturated carbocycles. The molecule has 1 unspecified atom stereocenters. The smallest absolute Gasteiger partial charge is 0.250 e. The van der Waals surface area contributed by atoms with Crippen molar-refractivity contribution in [2.24, 2.45) is 5.73 Å². The first-order chi connectivity index (χ1) is 9.63. The Morgan fingerprint density at radius 3 is 3.05 bits per heavy atom. The fraction of sp³-hybridized carbons (Fsp3) is 0.500. The maximum Gasteiger partial charge on any atom is 0.250 e. The summed E-state index contributed by atoms with van der Waals surface area (Å²) in [5.74, 6) is -0.739. The number of benzene rings is 1. The van der Waals surface area contributed by atoms with Crippen LogP contribution in [-0.2, 0) is 14.3 Å². The molecule has 20 heavy (non-hydrogen) atoms. The standard InChI is InChI=1S/C14H19FN2O3/c15-11-3-1-4-12(7-11)17-13(18)8-20-14(9-16)5-2-6-19-10-14/h1,3-4,7H,2,5-6,8-10,16H2,(H,17,18). The third kappa shape index (κ3) is 4.00. The number of hydrogen-bond acceptors (Lipinski definition) is 4. The molecule has 1 aromatic carbocycles. The minimum Gasteiger partial charge on any atom is -0.378 e. The van der Waals surface area contributed by atoms with Gasteiger partial charge < -0.3 is 20.5 Å². The quantitative estimate of drug-likeness (QED) is 0.853. The van der Waals surface area contributed by atoms with E-state index in [9.17, 15) is 9.18 Å². The van der Waals surface area contributed by atoms with Gasteiger partial charge in [0.2, 0.25) is 5.91 Å². The van der Waals surface area contributed by atoms with E-state index in [0.717, 1.165) is 12.8 Å². The van der Waals surface area contributed by atoms with Crippen molar-refractivity contribution in [3.63, 3.8) is 0 Å². The summed E-state index contributed by atoms with van der Waals surface area (Å²) >= 11 is 0. The monoisotopic (exact) mass is 282 g/mol. The topological polar surface area (TPSA) is 73.6 Å². The van der Waals surface area contributed by atoms with Crippen LogP contribution in [-0.4, -0.2) is 37.9 Å². The maximum absolute atomic E-state index is 13.0. The van der Waals surface area contributed by atoms with Gasteiger partial charge in [-0.05, 0) is 31.0 Å². The Hall–Kier alpha value is -1.50. The predicted octanol–water partition coefficient (Wildman–Crippen LogP) is 1.29. The van der Waals surface area contributed by atoms with Crippen LogP contribution in [0, 0.1) is 5.82 Å². The van der Waals surface area contributed by atoms with Gasteiger partial charge in [0, 0.05) is 18.8 Å². The number of nitrogens with one attached hydrogen (secondary N) is 1. The number of hydrogen-bond donors (Lipinski definition) is 2. The molecule has 0 aliphatic carbocycles. The van der Waals surface area contributed by atoms with Crippen LogP contribution in [0.15, 0.2) is 24.3 Å². The van der Waals surface area contributed by atoms with Crippen LogP contribution < -0.4 is 11.1 Å². The summed E-state index contributed by atoms with van der Waals surface area (Å²) in [6.45, 7) is 1.27. The number of rotatable bonds is 5. The minimum atomic E-state index is -0.586. The van der Waals surface area contributed by atoms with E-state index >= 15 is 0 Å². The average molecular weight is 282 g/mol. The minimum absolute atomic E-state index is 0.128. The predicted molar refractivity (Wildman–Crippen MR) is 72.8 cm³/mol. The zero-order valence-corrected chi connectivity index (χ0v) is 11.2. The highest BCUT2D eigenvalue weighted by Crippen LogP contribution is 2.22. The molecule has 110 valence electrons. The Bertz CT molecular complexity index is 461. The van der Waals surface area contributed by atoms with Crippen molar-refractivity contribution in [2.75, 3.05) is 31.7 Å². The van der Waals surface area contributed by atoms with E-state index in [2.05, 4.69) is 5.32 Å². The Labute approximate surface area is 117 Å². The summed E-state index contributed by atoms with van der Waals surface area (Å²) in [7, 11) is 0. The first kappa shape index (κ1) is 14.9. The molecule has 1 saturated heterocycles. The normalized spacial score (nSPS) is 22.5. The van der Waals surface area contributed by atoms with Crippen molar-refractivity contribution >= 4 is 11.6 Å². The lowest BCUT2D eigenvalue weighted by atomic mass is 9.96. The molecule has 5 nitrogen and oxygen atoms in total. The second-order valence-electron chi connectivity index (χ2n) is 4.89. The van der Waals surface area contributed by atoms with E-state index in [1.165, 1.54) is 18.2 Å². The lowest BCUT2D eigenvalue weighted by molar-refractivity contribution is -0.143. The Balaban J connectivity index is 1.85. The van der Waals surface area contributed by atoms with E-state index in [-0.39, 0.29) is 12.5 Å². The van der Waals surface area contributed by atoms with Gasteiger partial charge in [-0.1, -0.05) is 6.07 Å². The molecule has 1 fully saturated rings. The number of halogens is 1. The van der Waals surface area contributed by atoms with Gasteiger partial charge >= 0.3 is 0 Å². The van der Waals surface area contributed by atoms with Crippen LogP contribution in [0.5, 0.6) is 0 Å². The third-order valence-corrected chi connectivity index (χ3v) is 3.28. The van der Waals surface area contributed by atoms with E-state index in [1.54, 1.807) is 6.07 Å². The fourth-order valence-corrected chi connectivity index (χ4v) is 2.14. The number of ether oxygens (including phenoxy) is 2. The summed E-state index contributed by atoms with van der Waals surface area (Å²) in [6.07, 6.45) is 1.64. The van der Waals surface area contributed by atoms with Crippen LogP contribution in [0.2, 0.25) is 0 Å². The molecule has 0 radical (unpaired) electrons. The summed E-state index contributed by atoms with van der Waals surface area (Å²) in [4.78, 5) is 11.8. The molecule has 1 aromatic rings. The first-order valence-corrected chi connectivity index (χ1v) is 6.61. The van der Waals surface area contributed by atoms with Gasteiger partial charge in [-0.2, -0.15) is 0 Å². The largest absolute Gasteiger partial charge is 0.378 e. The lowest BCUT2D eigenvalue weighted by Crippen LogP contribution is -2.49. The molecule has 6 heteroatoms. The van der Waals surface area contributed by atoms with E-state index in [4.69, 9.17) is 15.2 Å². The highest BCUT2D eigenvalue weighted by atomic mass is 19.1. The van der Waals surface area contributed by atoms with Crippen molar-refractivity contribution in [2.45, 2.75) is 18.4 Å². The maximum atomic E-state index is 13.0. The lowest BCUT2D eigenvalue weighted by Gasteiger charge is -2.35. The molecular weight excluding hydrogens is 263 g/mol. The molecule has 1 amide bonds. The zero-order valence-electron chi connectivity index (χ0n) is 11.2. The highest BCUT2D eigenvalue weighted by Gasteiger charge is 2.33. The zero-order chi connectivity index (χ0) is 14.4. The molecule has 3 N–H and O–H groups in total. The van der Waals surface area contributed by atoms with Crippen molar-refractivity contribution in [1.82, 2.24) is 0 Å². The van der Waals surface area contributed by atoms with Crippen LogP contribution in [0.4, 0.5) is 10.1 Å². The second-order valence-corrected chi connectivity index (χ2v) is 4.89. The summed E-state index contributed by atoms with van der Waals surface area (Å²) in [5.41, 5.74) is 5.53. The van der Waals surface area contributed by atoms with E-state index < -0.39 is 11.4 Å². The van der Waals surface area contributed by atoms with Gasteiger partial charge in [-0.25, -0.2) is 4.39 Å². The molecule has 1 aliphatic heterocycles. The first-order valence-electron chi connectivity index (χ1n) is 6.61. The summed E-state index contributed by atoms with van der Waals surface area (Å²) in [5, 5.41) is 2.58. The molecule has 0 bridgehead atoms. The molecule has 0 spiro atoms. The molecule has 1 aliphatic rings. The molecular formula is C14H19FN2O3. The van der Waals surface area contributed by atoms with Crippen LogP contribution in [0.1, 0.15) is 12.8 Å². The van der Waals surface area contributed by atoms with E-state index in [0.29, 0.717) is 25.4 Å². The number of anilines is 1. The molecule has 1 heterocycles. The van der Waals surface area contributed by atoms with Crippen LogP contribution in [0.25, 0.3) is 0 Å². The van der Waals surface area contributed by atoms with Gasteiger partial charge in [-0.3, -0.25) is 4.79 Å². The molecule has 1 atom stereocenters. The Kier molecular flexibility index (Phi) is 5.05. The van der Waals surface area contributed by atoms with Gasteiger partial charge in [0.1, 0.15) is 18.0 Å². The van der Waals surface area contributed by atoms with Crippen LogP contribution >= 0.6 is 0 Å². The Morgan fingerprint density at radius 1 is 1.55 bits per heavy atom. The van der Waals surface area contributed by atoms with Gasteiger partial charge in [-0.15, -0.1) is 0 Å². The molecule has 2 rings (SSSR count).